The van der Waals surface area contributed by atoms with Gasteiger partial charge in [0.15, 0.2) is 0 Å². The first-order valence-corrected chi connectivity index (χ1v) is 5.32. The molecular weight excluding hydrogens is 206 g/mol. The summed E-state index contributed by atoms with van der Waals surface area (Å²) in [6.07, 6.45) is -0.0134. The van der Waals surface area contributed by atoms with Gasteiger partial charge in [0.25, 0.3) is 0 Å². The van der Waals surface area contributed by atoms with E-state index in [2.05, 4.69) is 0 Å². The first-order valence-electron chi connectivity index (χ1n) is 5.32. The van der Waals surface area contributed by atoms with Gasteiger partial charge in [0, 0.05) is 0 Å². The van der Waals surface area contributed by atoms with Gasteiger partial charge in [-0.15, -0.1) is 0 Å². The number of esters is 1. The van der Waals surface area contributed by atoms with E-state index in [9.17, 15) is 4.79 Å². The highest BCUT2D eigenvalue weighted by Crippen LogP contribution is 2.09. The molecule has 0 bridgehead atoms. The third kappa shape index (κ3) is 2.81. The molecule has 0 unspecified atom stereocenters. The number of nitrogens with two attached hydrogens (primary N) is 1. The highest BCUT2D eigenvalue weighted by molar-refractivity contribution is 5.72. The highest BCUT2D eigenvalue weighted by atomic mass is 16.6. The Morgan fingerprint density at radius 3 is 2.75 bits per heavy atom. The van der Waals surface area contributed by atoms with E-state index in [0.717, 1.165) is 5.56 Å². The minimum absolute atomic E-state index is 0.195. The summed E-state index contributed by atoms with van der Waals surface area (Å²) >= 11 is 0. The Bertz CT molecular complexity index is 353. The van der Waals surface area contributed by atoms with E-state index in [1.165, 1.54) is 0 Å². The van der Waals surface area contributed by atoms with E-state index in [1.807, 2.05) is 30.3 Å². The van der Waals surface area contributed by atoms with Crippen LogP contribution in [0, 0.1) is 0 Å². The molecule has 0 amide bonds. The maximum Gasteiger partial charge on any atom is 0.310 e. The zero-order valence-electron chi connectivity index (χ0n) is 8.96. The minimum Gasteiger partial charge on any atom is -0.458 e. The van der Waals surface area contributed by atoms with Gasteiger partial charge in [0.2, 0.25) is 0 Å². The third-order valence-corrected chi connectivity index (χ3v) is 2.54. The smallest absolute Gasteiger partial charge is 0.310 e. The minimum atomic E-state index is -0.295. The van der Waals surface area contributed by atoms with E-state index >= 15 is 0 Å². The molecule has 1 fully saturated rings. The van der Waals surface area contributed by atoms with Crippen molar-refractivity contribution in [3.05, 3.63) is 35.9 Å². The topological polar surface area (TPSA) is 61.6 Å². The summed E-state index contributed by atoms with van der Waals surface area (Å²) in [6.45, 7) is 0.866. The van der Waals surface area contributed by atoms with Gasteiger partial charge >= 0.3 is 5.97 Å². The molecule has 2 rings (SSSR count). The van der Waals surface area contributed by atoms with Crippen molar-refractivity contribution in [3.63, 3.8) is 0 Å². The fraction of sp³-hybridized carbons (Fsp3) is 0.417. The number of benzene rings is 1. The molecule has 1 aliphatic rings. The van der Waals surface area contributed by atoms with Gasteiger partial charge in [-0.3, -0.25) is 4.79 Å². The first kappa shape index (κ1) is 11.1. The van der Waals surface area contributed by atoms with Crippen LogP contribution >= 0.6 is 0 Å². The predicted molar refractivity (Wildman–Crippen MR) is 58.8 cm³/mol. The molecule has 0 saturated carbocycles. The van der Waals surface area contributed by atoms with Crippen molar-refractivity contribution in [1.29, 1.82) is 0 Å². The van der Waals surface area contributed by atoms with Crippen molar-refractivity contribution in [2.45, 2.75) is 18.6 Å². The van der Waals surface area contributed by atoms with Gasteiger partial charge in [-0.2, -0.15) is 0 Å². The van der Waals surface area contributed by atoms with E-state index in [0.29, 0.717) is 13.2 Å². The van der Waals surface area contributed by atoms with Gasteiger partial charge in [0.05, 0.1) is 25.7 Å². The number of hydrogen-bond donors (Lipinski definition) is 1. The lowest BCUT2D eigenvalue weighted by molar-refractivity contribution is -0.148. The number of hydrogen-bond acceptors (Lipinski definition) is 4. The lowest BCUT2D eigenvalue weighted by Crippen LogP contribution is -2.37. The molecule has 4 heteroatoms. The SMILES string of the molecule is N[C@H]1COC[C@H]1OC(=O)Cc1ccccc1. The van der Waals surface area contributed by atoms with Crippen LogP contribution in [0.4, 0.5) is 0 Å². The van der Waals surface area contributed by atoms with E-state index in [-0.39, 0.29) is 24.5 Å². The Morgan fingerprint density at radius 1 is 1.38 bits per heavy atom. The summed E-state index contributed by atoms with van der Waals surface area (Å²) in [5, 5.41) is 0. The quantitative estimate of drug-likeness (QED) is 0.755. The van der Waals surface area contributed by atoms with E-state index in [4.69, 9.17) is 15.2 Å². The van der Waals surface area contributed by atoms with Crippen LogP contribution in [0.5, 0.6) is 0 Å². The van der Waals surface area contributed by atoms with Gasteiger partial charge in [-0.05, 0) is 5.56 Å². The largest absolute Gasteiger partial charge is 0.458 e. The molecule has 1 aromatic carbocycles. The summed E-state index contributed by atoms with van der Waals surface area (Å²) in [7, 11) is 0. The summed E-state index contributed by atoms with van der Waals surface area (Å²) < 4.78 is 10.4. The van der Waals surface area contributed by atoms with Crippen molar-refractivity contribution in [3.8, 4) is 0 Å². The van der Waals surface area contributed by atoms with Crippen molar-refractivity contribution in [1.82, 2.24) is 0 Å². The second-order valence-electron chi connectivity index (χ2n) is 3.89. The molecule has 0 spiro atoms. The maximum absolute atomic E-state index is 11.6. The number of rotatable bonds is 3. The Balaban J connectivity index is 1.85. The van der Waals surface area contributed by atoms with Crippen LogP contribution in [-0.4, -0.2) is 31.3 Å². The summed E-state index contributed by atoms with van der Waals surface area (Å²) in [5.74, 6) is -0.253. The Morgan fingerprint density at radius 2 is 2.12 bits per heavy atom. The zero-order chi connectivity index (χ0) is 11.4. The van der Waals surface area contributed by atoms with Crippen LogP contribution in [0.15, 0.2) is 30.3 Å². The second kappa shape index (κ2) is 5.09. The van der Waals surface area contributed by atoms with Gasteiger partial charge < -0.3 is 15.2 Å². The molecule has 86 valence electrons. The number of carbonyl (C=O) groups excluding carboxylic acids is 1. The molecule has 2 N–H and O–H groups in total. The lowest BCUT2D eigenvalue weighted by Gasteiger charge is -2.14. The molecule has 0 aromatic heterocycles. The molecule has 0 radical (unpaired) electrons. The number of carbonyl (C=O) groups is 1. The van der Waals surface area contributed by atoms with Crippen LogP contribution < -0.4 is 5.73 Å². The highest BCUT2D eigenvalue weighted by Gasteiger charge is 2.28. The summed E-state index contributed by atoms with van der Waals surface area (Å²) in [5.41, 5.74) is 6.66. The van der Waals surface area contributed by atoms with E-state index < -0.39 is 0 Å². The molecule has 1 aromatic rings. The van der Waals surface area contributed by atoms with Crippen LogP contribution in [-0.2, 0) is 20.7 Å². The molecular formula is C12H15NO3. The summed E-state index contributed by atoms with van der Waals surface area (Å²) in [6, 6.07) is 9.30. The standard InChI is InChI=1S/C12H15NO3/c13-10-7-15-8-11(10)16-12(14)6-9-4-2-1-3-5-9/h1-5,10-11H,6-8,13H2/t10-,11+/m0/s1. The second-order valence-corrected chi connectivity index (χ2v) is 3.89. The predicted octanol–water partition coefficient (Wildman–Crippen LogP) is 0.498. The third-order valence-electron chi connectivity index (χ3n) is 2.54. The van der Waals surface area contributed by atoms with Crippen molar-refractivity contribution < 1.29 is 14.3 Å². The van der Waals surface area contributed by atoms with Gasteiger partial charge in [0.1, 0.15) is 6.10 Å². The lowest BCUT2D eigenvalue weighted by atomic mass is 10.1. The van der Waals surface area contributed by atoms with Crippen LogP contribution in [0.1, 0.15) is 5.56 Å². The van der Waals surface area contributed by atoms with Crippen molar-refractivity contribution >= 4 is 5.97 Å². The Labute approximate surface area is 94.3 Å². The molecule has 0 aliphatic carbocycles. The Kier molecular flexibility index (Phi) is 3.54. The fourth-order valence-electron chi connectivity index (χ4n) is 1.65. The van der Waals surface area contributed by atoms with Gasteiger partial charge in [-0.1, -0.05) is 30.3 Å². The molecule has 16 heavy (non-hydrogen) atoms. The first-order chi connectivity index (χ1) is 7.75. The molecule has 4 nitrogen and oxygen atoms in total. The monoisotopic (exact) mass is 221 g/mol. The van der Waals surface area contributed by atoms with Crippen LogP contribution in [0.25, 0.3) is 0 Å². The normalized spacial score (nSPS) is 24.3. The van der Waals surface area contributed by atoms with Crippen molar-refractivity contribution in [2.75, 3.05) is 13.2 Å². The van der Waals surface area contributed by atoms with Gasteiger partial charge in [-0.25, -0.2) is 0 Å². The maximum atomic E-state index is 11.6. The van der Waals surface area contributed by atoms with Crippen LogP contribution in [0.2, 0.25) is 0 Å². The molecule has 1 aliphatic heterocycles. The summed E-state index contributed by atoms with van der Waals surface area (Å²) in [4.78, 5) is 11.6. The van der Waals surface area contributed by atoms with Crippen molar-refractivity contribution in [2.24, 2.45) is 5.73 Å². The molecule has 1 saturated heterocycles. The zero-order valence-corrected chi connectivity index (χ0v) is 8.96. The molecule has 1 heterocycles. The fourth-order valence-corrected chi connectivity index (χ4v) is 1.65. The average molecular weight is 221 g/mol. The molecule has 2 atom stereocenters. The average Bonchev–Trinajstić information content (AvgIpc) is 2.66. The van der Waals surface area contributed by atoms with Crippen LogP contribution in [0.3, 0.4) is 0 Å². The number of ether oxygens (including phenoxy) is 2. The van der Waals surface area contributed by atoms with E-state index in [1.54, 1.807) is 0 Å². The Hall–Kier alpha value is -1.39.